The summed E-state index contributed by atoms with van der Waals surface area (Å²) in [5.41, 5.74) is 4.37. The van der Waals surface area contributed by atoms with E-state index in [1.165, 1.54) is 5.57 Å². The second kappa shape index (κ2) is 6.21. The number of fused-ring (bicyclic) bond motifs is 3. The van der Waals surface area contributed by atoms with Gasteiger partial charge in [0.05, 0.1) is 18.0 Å². The lowest BCUT2D eigenvalue weighted by molar-refractivity contribution is -0.132. The fourth-order valence-corrected chi connectivity index (χ4v) is 5.56. The Morgan fingerprint density at radius 3 is 2.86 bits per heavy atom. The summed E-state index contributed by atoms with van der Waals surface area (Å²) in [7, 11) is 0. The van der Waals surface area contributed by atoms with E-state index >= 15 is 0 Å². The summed E-state index contributed by atoms with van der Waals surface area (Å²) < 4.78 is 14.9. The minimum absolute atomic E-state index is 0.0584. The van der Waals surface area contributed by atoms with Crippen LogP contribution in [0.3, 0.4) is 0 Å². The van der Waals surface area contributed by atoms with Gasteiger partial charge in [0.1, 0.15) is 5.83 Å². The molecule has 2 heterocycles. The van der Waals surface area contributed by atoms with E-state index in [0.717, 1.165) is 36.1 Å². The number of benzene rings is 1. The number of nitrogens with one attached hydrogen (secondary N) is 1. The van der Waals surface area contributed by atoms with Gasteiger partial charge in [-0.1, -0.05) is 36.7 Å². The van der Waals surface area contributed by atoms with Crippen LogP contribution in [-0.2, 0) is 11.2 Å². The molecule has 5 heteroatoms. The predicted molar refractivity (Wildman–Crippen MR) is 108 cm³/mol. The van der Waals surface area contributed by atoms with Crippen LogP contribution in [0, 0.1) is 11.3 Å². The summed E-state index contributed by atoms with van der Waals surface area (Å²) in [6.07, 6.45) is 8.28. The van der Waals surface area contributed by atoms with Crippen molar-refractivity contribution in [1.82, 2.24) is 10.2 Å². The zero-order valence-electron chi connectivity index (χ0n) is 16.1. The number of hydrogen-bond acceptors (Lipinski definition) is 2. The highest BCUT2D eigenvalue weighted by Crippen LogP contribution is 2.63. The second-order valence-electron chi connectivity index (χ2n) is 8.44. The summed E-state index contributed by atoms with van der Waals surface area (Å²) in [6.45, 7) is 4.40. The largest absolute Gasteiger partial charge is 0.379 e. The van der Waals surface area contributed by atoms with Crippen LogP contribution in [0.4, 0.5) is 4.39 Å². The Morgan fingerprint density at radius 2 is 2.18 bits per heavy atom. The molecule has 1 aromatic rings. The number of halogens is 2. The Labute approximate surface area is 169 Å². The maximum absolute atomic E-state index is 14.9. The highest BCUT2D eigenvalue weighted by molar-refractivity contribution is 6.30. The Hall–Kier alpha value is -2.07. The average Bonchev–Trinajstić information content (AvgIpc) is 3.31. The number of carbonyl (C=O) groups is 1. The zero-order valence-corrected chi connectivity index (χ0v) is 16.9. The van der Waals surface area contributed by atoms with Gasteiger partial charge in [-0.15, -0.1) is 0 Å². The number of nitrogens with zero attached hydrogens (tertiary/aromatic N) is 1. The summed E-state index contributed by atoms with van der Waals surface area (Å²) in [4.78, 5) is 14.7. The molecule has 5 rings (SSSR count). The van der Waals surface area contributed by atoms with Crippen molar-refractivity contribution in [1.29, 1.82) is 0 Å². The van der Waals surface area contributed by atoms with Crippen molar-refractivity contribution < 1.29 is 9.18 Å². The predicted octanol–water partition coefficient (Wildman–Crippen LogP) is 4.85. The van der Waals surface area contributed by atoms with E-state index in [1.54, 1.807) is 19.1 Å². The molecule has 3 unspecified atom stereocenters. The van der Waals surface area contributed by atoms with E-state index in [9.17, 15) is 9.18 Å². The molecule has 28 heavy (non-hydrogen) atoms. The molecule has 0 aromatic heterocycles. The van der Waals surface area contributed by atoms with Crippen molar-refractivity contribution in [2.24, 2.45) is 11.3 Å². The van der Waals surface area contributed by atoms with Crippen LogP contribution in [0.15, 0.2) is 53.5 Å². The van der Waals surface area contributed by atoms with Crippen molar-refractivity contribution in [3.63, 3.8) is 0 Å². The van der Waals surface area contributed by atoms with Gasteiger partial charge in [-0.25, -0.2) is 4.39 Å². The highest BCUT2D eigenvalue weighted by atomic mass is 35.5. The minimum atomic E-state index is -0.239. The molecule has 3 atom stereocenters. The maximum atomic E-state index is 14.9. The lowest BCUT2D eigenvalue weighted by Crippen LogP contribution is -2.45. The second-order valence-corrected chi connectivity index (χ2v) is 8.87. The first-order valence-corrected chi connectivity index (χ1v) is 10.4. The van der Waals surface area contributed by atoms with Gasteiger partial charge >= 0.3 is 0 Å². The molecule has 0 bridgehead atoms. The van der Waals surface area contributed by atoms with Crippen LogP contribution in [0.5, 0.6) is 0 Å². The monoisotopic (exact) mass is 398 g/mol. The fourth-order valence-electron chi connectivity index (χ4n) is 5.37. The van der Waals surface area contributed by atoms with Crippen molar-refractivity contribution >= 4 is 17.5 Å². The smallest absolute Gasteiger partial charge is 0.220 e. The summed E-state index contributed by atoms with van der Waals surface area (Å²) in [6, 6.07) is 5.62. The van der Waals surface area contributed by atoms with Gasteiger partial charge in [-0.2, -0.15) is 0 Å². The minimum Gasteiger partial charge on any atom is -0.379 e. The Morgan fingerprint density at radius 1 is 1.39 bits per heavy atom. The third-order valence-electron chi connectivity index (χ3n) is 6.82. The molecule has 2 aliphatic heterocycles. The molecule has 0 saturated heterocycles. The lowest BCUT2D eigenvalue weighted by Gasteiger charge is -2.42. The third kappa shape index (κ3) is 2.50. The summed E-state index contributed by atoms with van der Waals surface area (Å²) in [5.74, 6) is -0.252. The van der Waals surface area contributed by atoms with Crippen molar-refractivity contribution in [2.75, 3.05) is 6.54 Å². The van der Waals surface area contributed by atoms with Gasteiger partial charge in [0, 0.05) is 29.6 Å². The Bertz CT molecular complexity index is 959. The normalized spacial score (nSPS) is 29.4. The highest BCUT2D eigenvalue weighted by Gasteiger charge is 2.60. The standard InChI is InChI=1S/C23H24ClFN2O/c1-3-14-11-15(24)7-8-16(14)22-21-20(19-17(25)5-4-6-18(19)26-21)23(9-10-23)12-27(22)13(2)28/h4-8,11,18-19,22,26H,3,9-10,12H2,1-2H3. The van der Waals surface area contributed by atoms with Gasteiger partial charge in [0.25, 0.3) is 0 Å². The van der Waals surface area contributed by atoms with Crippen molar-refractivity contribution in [2.45, 2.75) is 45.2 Å². The Balaban J connectivity index is 1.71. The van der Waals surface area contributed by atoms with Crippen molar-refractivity contribution in [3.05, 3.63) is 69.7 Å². The van der Waals surface area contributed by atoms with E-state index in [-0.39, 0.29) is 35.2 Å². The molecule has 1 amide bonds. The van der Waals surface area contributed by atoms with E-state index in [2.05, 4.69) is 12.2 Å². The van der Waals surface area contributed by atoms with Crippen LogP contribution in [0.25, 0.3) is 0 Å². The van der Waals surface area contributed by atoms with E-state index in [1.807, 2.05) is 29.2 Å². The molecule has 1 fully saturated rings. The summed E-state index contributed by atoms with van der Waals surface area (Å²) in [5, 5.41) is 4.30. The molecule has 4 aliphatic rings. The number of allylic oxidation sites excluding steroid dienone is 2. The van der Waals surface area contributed by atoms with Gasteiger partial charge in [0.2, 0.25) is 5.91 Å². The van der Waals surface area contributed by atoms with E-state index in [4.69, 9.17) is 11.6 Å². The SMILES string of the molecule is CCc1cc(Cl)ccc1C1C2=C(C3C(F)=CC=CC3N2)C2(CC2)CN1C(C)=O. The number of aryl methyl sites for hydroxylation is 1. The molecule has 1 N–H and O–H groups in total. The molecule has 1 aromatic carbocycles. The molecular formula is C23H24ClFN2O. The fraction of sp³-hybridized carbons (Fsp3) is 0.435. The van der Waals surface area contributed by atoms with Gasteiger partial charge in [-0.05, 0) is 54.2 Å². The molecule has 2 aliphatic carbocycles. The molecule has 1 spiro atoms. The first-order chi connectivity index (χ1) is 13.4. The van der Waals surface area contributed by atoms with Gasteiger partial charge < -0.3 is 10.2 Å². The van der Waals surface area contributed by atoms with Gasteiger partial charge in [-0.3, -0.25) is 4.79 Å². The third-order valence-corrected chi connectivity index (χ3v) is 7.06. The van der Waals surface area contributed by atoms with E-state index in [0.29, 0.717) is 11.6 Å². The van der Waals surface area contributed by atoms with Crippen LogP contribution in [0.1, 0.15) is 43.9 Å². The average molecular weight is 399 g/mol. The quantitative estimate of drug-likeness (QED) is 0.772. The maximum Gasteiger partial charge on any atom is 0.220 e. The molecule has 1 saturated carbocycles. The van der Waals surface area contributed by atoms with Crippen LogP contribution in [0.2, 0.25) is 5.02 Å². The number of carbonyl (C=O) groups excluding carboxylic acids is 1. The Kier molecular flexibility index (Phi) is 3.99. The molecule has 146 valence electrons. The zero-order chi connectivity index (χ0) is 19.6. The first-order valence-electron chi connectivity index (χ1n) is 10.1. The van der Waals surface area contributed by atoms with E-state index < -0.39 is 0 Å². The molecular weight excluding hydrogens is 375 g/mol. The van der Waals surface area contributed by atoms with Crippen LogP contribution in [-0.4, -0.2) is 23.4 Å². The molecule has 3 nitrogen and oxygen atoms in total. The first kappa shape index (κ1) is 18.0. The van der Waals surface area contributed by atoms with Crippen LogP contribution >= 0.6 is 11.6 Å². The number of hydrogen-bond donors (Lipinski definition) is 1. The lowest BCUT2D eigenvalue weighted by atomic mass is 9.76. The number of rotatable bonds is 2. The number of amides is 1. The topological polar surface area (TPSA) is 32.3 Å². The molecule has 0 radical (unpaired) electrons. The van der Waals surface area contributed by atoms with Gasteiger partial charge in [0.15, 0.2) is 0 Å². The van der Waals surface area contributed by atoms with Crippen molar-refractivity contribution in [3.8, 4) is 0 Å². The van der Waals surface area contributed by atoms with Crippen LogP contribution < -0.4 is 5.32 Å². The summed E-state index contributed by atoms with van der Waals surface area (Å²) >= 11 is 6.24.